The first-order chi connectivity index (χ1) is 16.2. The summed E-state index contributed by atoms with van der Waals surface area (Å²) in [5, 5.41) is 12.1. The smallest absolute Gasteiger partial charge is 0.248 e. The van der Waals surface area contributed by atoms with Crippen LogP contribution in [-0.2, 0) is 4.79 Å². The molecule has 0 atom stereocenters. The number of hydrogen-bond donors (Lipinski definition) is 2. The van der Waals surface area contributed by atoms with Crippen molar-refractivity contribution in [2.24, 2.45) is 0 Å². The third kappa shape index (κ3) is 12.8. The lowest BCUT2D eigenvalue weighted by atomic mass is 10.1. The third-order valence-corrected chi connectivity index (χ3v) is 5.71. The molecule has 0 radical (unpaired) electrons. The molecule has 0 bridgehead atoms. The molecule has 0 aliphatic rings. The highest BCUT2D eigenvalue weighted by Crippen LogP contribution is 2.17. The fourth-order valence-corrected chi connectivity index (χ4v) is 3.71. The lowest BCUT2D eigenvalue weighted by Gasteiger charge is -2.08. The van der Waals surface area contributed by atoms with E-state index in [0.717, 1.165) is 30.0 Å². The summed E-state index contributed by atoms with van der Waals surface area (Å²) in [6, 6.07) is 14.2. The molecule has 0 aliphatic carbocycles. The van der Waals surface area contributed by atoms with Crippen LogP contribution in [-0.4, -0.2) is 17.6 Å². The zero-order valence-corrected chi connectivity index (χ0v) is 20.2. The molecule has 4 nitrogen and oxygen atoms in total. The van der Waals surface area contributed by atoms with E-state index in [4.69, 9.17) is 4.74 Å². The minimum Gasteiger partial charge on any atom is -0.508 e. The molecular formula is C29H41NO3. The van der Waals surface area contributed by atoms with Gasteiger partial charge in [-0.25, -0.2) is 0 Å². The summed E-state index contributed by atoms with van der Waals surface area (Å²) in [4.78, 5) is 12.1. The summed E-state index contributed by atoms with van der Waals surface area (Å²) in [6.45, 7) is 3.00. The fourth-order valence-electron chi connectivity index (χ4n) is 3.71. The molecule has 1 amide bonds. The molecule has 0 heterocycles. The standard InChI is InChI=1S/C29H41NO3/c1-2-3-4-5-6-7-8-9-10-11-12-13-24-33-28-21-17-26(18-22-28)30-29(32)23-16-25-14-19-27(31)20-15-25/h14-23,31H,2-13,24H2,1H3,(H,30,32). The molecule has 0 unspecified atom stereocenters. The molecule has 2 aromatic rings. The van der Waals surface area contributed by atoms with E-state index in [1.165, 1.54) is 76.7 Å². The van der Waals surface area contributed by atoms with Gasteiger partial charge in [-0.05, 0) is 54.5 Å². The van der Waals surface area contributed by atoms with Gasteiger partial charge in [-0.2, -0.15) is 0 Å². The Morgan fingerprint density at radius 3 is 1.91 bits per heavy atom. The summed E-state index contributed by atoms with van der Waals surface area (Å²) in [6.07, 6.45) is 19.2. The van der Waals surface area contributed by atoms with Crippen LogP contribution in [0.3, 0.4) is 0 Å². The number of carbonyl (C=O) groups is 1. The number of amides is 1. The highest BCUT2D eigenvalue weighted by atomic mass is 16.5. The first-order valence-electron chi connectivity index (χ1n) is 12.7. The number of anilines is 1. The molecule has 0 saturated heterocycles. The molecule has 4 heteroatoms. The minimum absolute atomic E-state index is 0.201. The Balaban J connectivity index is 1.50. The molecule has 0 aromatic heterocycles. The van der Waals surface area contributed by atoms with Crippen molar-refractivity contribution in [2.45, 2.75) is 84.0 Å². The molecule has 2 rings (SSSR count). The third-order valence-electron chi connectivity index (χ3n) is 5.71. The average molecular weight is 452 g/mol. The van der Waals surface area contributed by atoms with Crippen molar-refractivity contribution in [2.75, 3.05) is 11.9 Å². The first-order valence-corrected chi connectivity index (χ1v) is 12.7. The van der Waals surface area contributed by atoms with Crippen molar-refractivity contribution in [1.82, 2.24) is 0 Å². The lowest BCUT2D eigenvalue weighted by Crippen LogP contribution is -2.07. The summed E-state index contributed by atoms with van der Waals surface area (Å²) >= 11 is 0. The Morgan fingerprint density at radius 1 is 0.788 bits per heavy atom. The quantitative estimate of drug-likeness (QED) is 0.188. The van der Waals surface area contributed by atoms with Crippen molar-refractivity contribution in [3.05, 3.63) is 60.2 Å². The number of aromatic hydroxyl groups is 1. The van der Waals surface area contributed by atoms with E-state index >= 15 is 0 Å². The van der Waals surface area contributed by atoms with Crippen LogP contribution in [0.25, 0.3) is 6.08 Å². The predicted octanol–water partition coefficient (Wildman–Crippen LogP) is 8.12. The minimum atomic E-state index is -0.201. The Morgan fingerprint density at radius 2 is 1.33 bits per heavy atom. The predicted molar refractivity (Wildman–Crippen MR) is 139 cm³/mol. The van der Waals surface area contributed by atoms with Gasteiger partial charge in [-0.1, -0.05) is 89.7 Å². The number of phenolic OH excluding ortho intramolecular Hbond substituents is 1. The van der Waals surface area contributed by atoms with Crippen LogP contribution in [0.15, 0.2) is 54.6 Å². The maximum Gasteiger partial charge on any atom is 0.248 e. The molecule has 0 fully saturated rings. The van der Waals surface area contributed by atoms with Crippen LogP contribution >= 0.6 is 0 Å². The maximum atomic E-state index is 12.1. The Hall–Kier alpha value is -2.75. The van der Waals surface area contributed by atoms with Crippen LogP contribution in [0.2, 0.25) is 0 Å². The van der Waals surface area contributed by atoms with Crippen LogP contribution in [0, 0.1) is 0 Å². The Kier molecular flexibility index (Phi) is 13.5. The normalized spacial score (nSPS) is 11.1. The van der Waals surface area contributed by atoms with E-state index < -0.39 is 0 Å². The van der Waals surface area contributed by atoms with Crippen LogP contribution in [0.4, 0.5) is 5.69 Å². The summed E-state index contributed by atoms with van der Waals surface area (Å²) < 4.78 is 5.83. The molecule has 0 saturated carbocycles. The monoisotopic (exact) mass is 451 g/mol. The van der Waals surface area contributed by atoms with E-state index in [2.05, 4.69) is 12.2 Å². The van der Waals surface area contributed by atoms with E-state index in [1.807, 2.05) is 24.3 Å². The summed E-state index contributed by atoms with van der Waals surface area (Å²) in [5.41, 5.74) is 1.58. The zero-order chi connectivity index (χ0) is 23.6. The van der Waals surface area contributed by atoms with Crippen molar-refractivity contribution in [1.29, 1.82) is 0 Å². The van der Waals surface area contributed by atoms with Gasteiger partial charge in [0.05, 0.1) is 6.61 Å². The van der Waals surface area contributed by atoms with Crippen LogP contribution in [0.5, 0.6) is 11.5 Å². The average Bonchev–Trinajstić information content (AvgIpc) is 2.83. The second kappa shape index (κ2) is 16.8. The topological polar surface area (TPSA) is 58.6 Å². The van der Waals surface area contributed by atoms with E-state index in [9.17, 15) is 9.90 Å². The van der Waals surface area contributed by atoms with Gasteiger partial charge < -0.3 is 15.2 Å². The van der Waals surface area contributed by atoms with Gasteiger partial charge in [0.1, 0.15) is 11.5 Å². The number of rotatable bonds is 17. The second-order valence-electron chi connectivity index (χ2n) is 8.68. The largest absolute Gasteiger partial charge is 0.508 e. The number of nitrogens with one attached hydrogen (secondary N) is 1. The highest BCUT2D eigenvalue weighted by molar-refractivity contribution is 6.01. The van der Waals surface area contributed by atoms with Crippen LogP contribution < -0.4 is 10.1 Å². The fraction of sp³-hybridized carbons (Fsp3) is 0.483. The van der Waals surface area contributed by atoms with Crippen molar-refractivity contribution < 1.29 is 14.6 Å². The van der Waals surface area contributed by atoms with Gasteiger partial charge in [-0.3, -0.25) is 4.79 Å². The van der Waals surface area contributed by atoms with Crippen molar-refractivity contribution >= 4 is 17.7 Å². The Bertz CT molecular complexity index is 797. The van der Waals surface area contributed by atoms with Gasteiger partial charge in [0.15, 0.2) is 0 Å². The van der Waals surface area contributed by atoms with E-state index in [1.54, 1.807) is 30.3 Å². The van der Waals surface area contributed by atoms with Gasteiger partial charge in [0.2, 0.25) is 5.91 Å². The Labute approximate surface area is 200 Å². The van der Waals surface area contributed by atoms with Crippen molar-refractivity contribution in [3.63, 3.8) is 0 Å². The molecule has 0 aliphatic heterocycles. The zero-order valence-electron chi connectivity index (χ0n) is 20.2. The summed E-state index contributed by atoms with van der Waals surface area (Å²) in [7, 11) is 0. The molecule has 2 aromatic carbocycles. The number of benzene rings is 2. The van der Waals surface area contributed by atoms with E-state index in [-0.39, 0.29) is 11.7 Å². The SMILES string of the molecule is CCCCCCCCCCCCCCOc1ccc(NC(=O)C=Cc2ccc(O)cc2)cc1. The number of phenols is 1. The number of hydrogen-bond acceptors (Lipinski definition) is 3. The van der Waals surface area contributed by atoms with Gasteiger partial charge in [0.25, 0.3) is 0 Å². The maximum absolute atomic E-state index is 12.1. The van der Waals surface area contributed by atoms with Gasteiger partial charge in [0, 0.05) is 11.8 Å². The molecule has 2 N–H and O–H groups in total. The number of carbonyl (C=O) groups excluding carboxylic acids is 1. The number of unbranched alkanes of at least 4 members (excludes halogenated alkanes) is 11. The molecule has 180 valence electrons. The molecule has 33 heavy (non-hydrogen) atoms. The van der Waals surface area contributed by atoms with E-state index in [0.29, 0.717) is 0 Å². The number of ether oxygens (including phenoxy) is 1. The van der Waals surface area contributed by atoms with Gasteiger partial charge in [-0.15, -0.1) is 0 Å². The van der Waals surface area contributed by atoms with Gasteiger partial charge >= 0.3 is 0 Å². The summed E-state index contributed by atoms with van der Waals surface area (Å²) in [5.74, 6) is 0.835. The van der Waals surface area contributed by atoms with Crippen molar-refractivity contribution in [3.8, 4) is 11.5 Å². The molecule has 0 spiro atoms. The van der Waals surface area contributed by atoms with Crippen LogP contribution in [0.1, 0.15) is 89.5 Å². The molecular weight excluding hydrogens is 410 g/mol. The highest BCUT2D eigenvalue weighted by Gasteiger charge is 2.00. The second-order valence-corrected chi connectivity index (χ2v) is 8.68. The first kappa shape index (κ1) is 26.5. The lowest BCUT2D eigenvalue weighted by molar-refractivity contribution is -0.111.